The van der Waals surface area contributed by atoms with Crippen LogP contribution in [0.4, 0.5) is 0 Å². The summed E-state index contributed by atoms with van der Waals surface area (Å²) in [6, 6.07) is 4.32. The number of nitrogens with zero attached hydrogens (tertiary/aromatic N) is 3. The summed E-state index contributed by atoms with van der Waals surface area (Å²) in [7, 11) is 1.94. The molecule has 1 unspecified atom stereocenters. The third-order valence-corrected chi connectivity index (χ3v) is 3.36. The molecule has 96 valence electrons. The third-order valence-electron chi connectivity index (χ3n) is 2.99. The van der Waals surface area contributed by atoms with Crippen LogP contribution in [0.25, 0.3) is 5.69 Å². The summed E-state index contributed by atoms with van der Waals surface area (Å²) < 4.78 is 1.74. The van der Waals surface area contributed by atoms with Gasteiger partial charge in [0.2, 0.25) is 0 Å². The minimum absolute atomic E-state index is 0.294. The number of hydrogen-bond donors (Lipinski definition) is 1. The molecule has 0 saturated carbocycles. The number of rotatable bonds is 4. The molecule has 0 amide bonds. The summed E-state index contributed by atoms with van der Waals surface area (Å²) in [5.41, 5.74) is 2.78. The largest absolute Gasteiger partial charge is 0.312 e. The molecule has 2 heterocycles. The van der Waals surface area contributed by atoms with E-state index in [0.717, 1.165) is 23.5 Å². The summed E-state index contributed by atoms with van der Waals surface area (Å²) in [6.07, 6.45) is 4.62. The normalized spacial score (nSPS) is 12.7. The zero-order valence-corrected chi connectivity index (χ0v) is 11.6. The van der Waals surface area contributed by atoms with Gasteiger partial charge in [0.1, 0.15) is 0 Å². The number of halogens is 1. The lowest BCUT2D eigenvalue weighted by molar-refractivity contribution is 0.561. The highest BCUT2D eigenvalue weighted by Crippen LogP contribution is 2.18. The molecule has 0 saturated heterocycles. The molecular weight excluding hydrogens is 248 g/mol. The molecule has 0 aliphatic carbocycles. The Bertz CT molecular complexity index is 495. The first-order chi connectivity index (χ1) is 8.65. The molecule has 5 heteroatoms. The van der Waals surface area contributed by atoms with Crippen LogP contribution in [0.5, 0.6) is 0 Å². The van der Waals surface area contributed by atoms with E-state index in [2.05, 4.69) is 22.3 Å². The number of aryl methyl sites for hydroxylation is 1. The Morgan fingerprint density at radius 2 is 2.22 bits per heavy atom. The Morgan fingerprint density at radius 3 is 2.67 bits per heavy atom. The van der Waals surface area contributed by atoms with Crippen molar-refractivity contribution in [1.82, 2.24) is 20.1 Å². The Morgan fingerprint density at radius 1 is 1.44 bits per heavy atom. The molecule has 0 spiro atoms. The molecule has 0 aromatic carbocycles. The van der Waals surface area contributed by atoms with Gasteiger partial charge < -0.3 is 5.32 Å². The quantitative estimate of drug-likeness (QED) is 0.923. The highest BCUT2D eigenvalue weighted by Gasteiger charge is 2.09. The van der Waals surface area contributed by atoms with Gasteiger partial charge in [-0.3, -0.25) is 4.98 Å². The van der Waals surface area contributed by atoms with Crippen molar-refractivity contribution in [1.29, 1.82) is 0 Å². The zero-order chi connectivity index (χ0) is 13.1. The third kappa shape index (κ3) is 2.54. The Labute approximate surface area is 112 Å². The van der Waals surface area contributed by atoms with Crippen LogP contribution >= 0.6 is 11.6 Å². The molecule has 2 aromatic heterocycles. The molecule has 0 bridgehead atoms. The van der Waals surface area contributed by atoms with Crippen molar-refractivity contribution in [2.45, 2.75) is 26.3 Å². The molecule has 0 fully saturated rings. The van der Waals surface area contributed by atoms with E-state index in [-0.39, 0.29) is 0 Å². The molecule has 2 aromatic rings. The van der Waals surface area contributed by atoms with Crippen molar-refractivity contribution in [3.8, 4) is 5.69 Å². The fourth-order valence-corrected chi connectivity index (χ4v) is 2.00. The van der Waals surface area contributed by atoms with Gasteiger partial charge in [-0.25, -0.2) is 4.68 Å². The van der Waals surface area contributed by atoms with E-state index >= 15 is 0 Å². The minimum Gasteiger partial charge on any atom is -0.312 e. The van der Waals surface area contributed by atoms with E-state index in [9.17, 15) is 0 Å². The summed E-state index contributed by atoms with van der Waals surface area (Å²) in [6.45, 7) is 4.02. The van der Waals surface area contributed by atoms with Crippen molar-refractivity contribution >= 4 is 11.6 Å². The molecule has 4 nitrogen and oxygen atoms in total. The van der Waals surface area contributed by atoms with Gasteiger partial charge in [0, 0.05) is 12.2 Å². The van der Waals surface area contributed by atoms with Gasteiger partial charge in [0.25, 0.3) is 0 Å². The van der Waals surface area contributed by atoms with E-state index in [1.807, 2.05) is 32.3 Å². The zero-order valence-electron chi connectivity index (χ0n) is 10.8. The van der Waals surface area contributed by atoms with Crippen molar-refractivity contribution < 1.29 is 0 Å². The predicted octanol–water partition coefficient (Wildman–Crippen LogP) is 2.90. The second-order valence-corrected chi connectivity index (χ2v) is 4.60. The summed E-state index contributed by atoms with van der Waals surface area (Å²) in [5, 5.41) is 8.23. The first kappa shape index (κ1) is 13.1. The Hall–Kier alpha value is -1.39. The lowest BCUT2D eigenvalue weighted by Gasteiger charge is -2.13. The van der Waals surface area contributed by atoms with Crippen molar-refractivity contribution in [2.24, 2.45) is 0 Å². The summed E-state index contributed by atoms with van der Waals surface area (Å²) >= 11 is 5.99. The van der Waals surface area contributed by atoms with Crippen molar-refractivity contribution in [3.05, 3.63) is 40.9 Å². The topological polar surface area (TPSA) is 42.7 Å². The number of hydrogen-bond acceptors (Lipinski definition) is 3. The monoisotopic (exact) mass is 264 g/mol. The fraction of sp³-hybridized carbons (Fsp3) is 0.385. The number of nitrogens with one attached hydrogen (secondary N) is 1. The molecule has 1 atom stereocenters. The van der Waals surface area contributed by atoms with Gasteiger partial charge in [0.15, 0.2) is 0 Å². The molecule has 18 heavy (non-hydrogen) atoms. The van der Waals surface area contributed by atoms with Crippen LogP contribution in [0, 0.1) is 6.92 Å². The average Bonchev–Trinajstić information content (AvgIpc) is 2.72. The van der Waals surface area contributed by atoms with Crippen molar-refractivity contribution in [3.63, 3.8) is 0 Å². The van der Waals surface area contributed by atoms with Crippen LogP contribution in [-0.2, 0) is 0 Å². The molecular formula is C13H17ClN4. The van der Waals surface area contributed by atoms with Gasteiger partial charge in [0.05, 0.1) is 28.3 Å². The molecule has 0 aliphatic heterocycles. The fourth-order valence-electron chi connectivity index (χ4n) is 1.87. The summed E-state index contributed by atoms with van der Waals surface area (Å²) in [5.74, 6) is 0. The maximum Gasteiger partial charge on any atom is 0.0829 e. The molecule has 0 aliphatic rings. The molecule has 0 radical (unpaired) electrons. The maximum atomic E-state index is 5.99. The van der Waals surface area contributed by atoms with Gasteiger partial charge in [-0.2, -0.15) is 5.10 Å². The van der Waals surface area contributed by atoms with E-state index in [1.54, 1.807) is 10.9 Å². The molecule has 2 rings (SSSR count). The van der Waals surface area contributed by atoms with Crippen LogP contribution in [0.2, 0.25) is 5.02 Å². The SMILES string of the molecule is CCC(NC)c1ccc(-n2cc(Cl)c(C)n2)cn1. The first-order valence-corrected chi connectivity index (χ1v) is 6.38. The van der Waals surface area contributed by atoms with Gasteiger partial charge in [-0.05, 0) is 32.5 Å². The van der Waals surface area contributed by atoms with E-state index < -0.39 is 0 Å². The number of pyridine rings is 1. The molecule has 1 N–H and O–H groups in total. The smallest absolute Gasteiger partial charge is 0.0829 e. The van der Waals surface area contributed by atoms with Gasteiger partial charge in [-0.1, -0.05) is 18.5 Å². The average molecular weight is 265 g/mol. The lowest BCUT2D eigenvalue weighted by Crippen LogP contribution is -2.16. The number of aromatic nitrogens is 3. The van der Waals surface area contributed by atoms with Crippen LogP contribution in [-0.4, -0.2) is 21.8 Å². The second kappa shape index (κ2) is 5.50. The van der Waals surface area contributed by atoms with E-state index in [4.69, 9.17) is 11.6 Å². The van der Waals surface area contributed by atoms with Gasteiger partial charge in [-0.15, -0.1) is 0 Å². The first-order valence-electron chi connectivity index (χ1n) is 6.01. The minimum atomic E-state index is 0.294. The summed E-state index contributed by atoms with van der Waals surface area (Å²) in [4.78, 5) is 4.47. The van der Waals surface area contributed by atoms with E-state index in [0.29, 0.717) is 11.1 Å². The van der Waals surface area contributed by atoms with Crippen LogP contribution in [0.1, 0.15) is 30.8 Å². The van der Waals surface area contributed by atoms with E-state index in [1.165, 1.54) is 0 Å². The second-order valence-electron chi connectivity index (χ2n) is 4.20. The predicted molar refractivity (Wildman–Crippen MR) is 73.2 cm³/mol. The van der Waals surface area contributed by atoms with Crippen LogP contribution in [0.3, 0.4) is 0 Å². The Kier molecular flexibility index (Phi) is 3.99. The maximum absolute atomic E-state index is 5.99. The van der Waals surface area contributed by atoms with Crippen LogP contribution in [0.15, 0.2) is 24.5 Å². The van der Waals surface area contributed by atoms with Crippen molar-refractivity contribution in [2.75, 3.05) is 7.05 Å². The lowest BCUT2D eigenvalue weighted by atomic mass is 10.1. The Balaban J connectivity index is 2.27. The highest BCUT2D eigenvalue weighted by molar-refractivity contribution is 6.31. The van der Waals surface area contributed by atoms with Gasteiger partial charge >= 0.3 is 0 Å². The highest BCUT2D eigenvalue weighted by atomic mass is 35.5. The van der Waals surface area contributed by atoms with Crippen LogP contribution < -0.4 is 5.32 Å². The standard InChI is InChI=1S/C13H17ClN4/c1-4-12(15-3)13-6-5-10(7-16-13)18-8-11(14)9(2)17-18/h5-8,12,15H,4H2,1-3H3.